The second kappa shape index (κ2) is 6.92. The van der Waals surface area contributed by atoms with E-state index in [1.54, 1.807) is 20.3 Å². The summed E-state index contributed by atoms with van der Waals surface area (Å²) in [6.45, 7) is 4.09. The first-order valence-electron chi connectivity index (χ1n) is 6.90. The summed E-state index contributed by atoms with van der Waals surface area (Å²) in [6.07, 6.45) is 3.74. The highest BCUT2D eigenvalue weighted by Crippen LogP contribution is 2.29. The van der Waals surface area contributed by atoms with Gasteiger partial charge in [-0.05, 0) is 31.0 Å². The monoisotopic (exact) mass is 288 g/mol. The molecule has 1 heterocycles. The lowest BCUT2D eigenvalue weighted by atomic mass is 10.0. The minimum atomic E-state index is 0.0328. The van der Waals surface area contributed by atoms with Crippen molar-refractivity contribution in [2.24, 2.45) is 5.10 Å². The first-order chi connectivity index (χ1) is 10.2. The molecule has 0 saturated heterocycles. The number of nitrogens with zero attached hydrogens (tertiary/aromatic N) is 2. The Morgan fingerprint density at radius 2 is 2.05 bits per heavy atom. The molecular formula is C16H20N2O3. The quantitative estimate of drug-likeness (QED) is 0.783. The molecule has 0 bridgehead atoms. The van der Waals surface area contributed by atoms with E-state index in [-0.39, 0.29) is 5.91 Å². The van der Waals surface area contributed by atoms with E-state index in [0.29, 0.717) is 24.5 Å². The van der Waals surface area contributed by atoms with Gasteiger partial charge in [0.1, 0.15) is 0 Å². The molecule has 1 amide bonds. The average molecular weight is 288 g/mol. The van der Waals surface area contributed by atoms with Crippen LogP contribution in [0.2, 0.25) is 0 Å². The minimum absolute atomic E-state index is 0.0328. The number of ether oxygens (including phenoxy) is 2. The van der Waals surface area contributed by atoms with Crippen molar-refractivity contribution in [3.63, 3.8) is 0 Å². The molecule has 1 aliphatic heterocycles. The molecule has 0 N–H and O–H groups in total. The van der Waals surface area contributed by atoms with E-state index in [1.807, 2.05) is 18.2 Å². The fraction of sp³-hybridized carbons (Fsp3) is 0.375. The van der Waals surface area contributed by atoms with Gasteiger partial charge in [0.2, 0.25) is 5.91 Å². The maximum atomic E-state index is 11.9. The molecule has 0 atom stereocenters. The number of rotatable bonds is 5. The summed E-state index contributed by atoms with van der Waals surface area (Å²) in [5, 5.41) is 5.96. The van der Waals surface area contributed by atoms with E-state index in [9.17, 15) is 4.79 Å². The third-order valence-corrected chi connectivity index (χ3v) is 3.35. The molecule has 0 aliphatic carbocycles. The molecule has 5 nitrogen and oxygen atoms in total. The Balaban J connectivity index is 2.36. The molecule has 1 aromatic carbocycles. The zero-order valence-electron chi connectivity index (χ0n) is 12.5. The van der Waals surface area contributed by atoms with Gasteiger partial charge < -0.3 is 9.47 Å². The van der Waals surface area contributed by atoms with Gasteiger partial charge in [-0.3, -0.25) is 4.79 Å². The second-order valence-electron chi connectivity index (χ2n) is 4.73. The van der Waals surface area contributed by atoms with E-state index in [1.165, 1.54) is 5.01 Å². The van der Waals surface area contributed by atoms with E-state index in [0.717, 1.165) is 24.1 Å². The number of hydrazone groups is 1. The summed E-state index contributed by atoms with van der Waals surface area (Å²) in [4.78, 5) is 11.9. The lowest BCUT2D eigenvalue weighted by Gasteiger charge is -2.15. The number of hydrogen-bond acceptors (Lipinski definition) is 4. The molecule has 0 spiro atoms. The third-order valence-electron chi connectivity index (χ3n) is 3.35. The van der Waals surface area contributed by atoms with Crippen LogP contribution in [0, 0.1) is 0 Å². The first kappa shape index (κ1) is 15.1. The molecule has 0 radical (unpaired) electrons. The molecule has 1 aromatic rings. The van der Waals surface area contributed by atoms with Crippen molar-refractivity contribution in [2.45, 2.75) is 19.3 Å². The Labute approximate surface area is 124 Å². The van der Waals surface area contributed by atoms with E-state index in [4.69, 9.17) is 9.47 Å². The topological polar surface area (TPSA) is 51.1 Å². The molecule has 112 valence electrons. The van der Waals surface area contributed by atoms with Crippen molar-refractivity contribution in [3.05, 3.63) is 36.4 Å². The van der Waals surface area contributed by atoms with Gasteiger partial charge in [0.25, 0.3) is 0 Å². The maximum Gasteiger partial charge on any atom is 0.242 e. The fourth-order valence-corrected chi connectivity index (χ4v) is 2.27. The summed E-state index contributed by atoms with van der Waals surface area (Å²) in [7, 11) is 3.20. The smallest absolute Gasteiger partial charge is 0.242 e. The number of hydrogen-bond donors (Lipinski definition) is 0. The van der Waals surface area contributed by atoms with Crippen LogP contribution in [-0.2, 0) is 4.79 Å². The number of carbonyl (C=O) groups excluding carboxylic acids is 1. The third kappa shape index (κ3) is 3.42. The molecule has 0 unspecified atom stereocenters. The second-order valence-corrected chi connectivity index (χ2v) is 4.73. The Hall–Kier alpha value is -2.30. The summed E-state index contributed by atoms with van der Waals surface area (Å²) in [5.41, 5.74) is 1.82. The Morgan fingerprint density at radius 1 is 1.29 bits per heavy atom. The summed E-state index contributed by atoms with van der Waals surface area (Å²) in [5.74, 6) is 1.36. The largest absolute Gasteiger partial charge is 0.493 e. The molecule has 1 aliphatic rings. The number of carbonyl (C=O) groups is 1. The van der Waals surface area contributed by atoms with Crippen molar-refractivity contribution in [3.8, 4) is 11.5 Å². The Morgan fingerprint density at radius 3 is 2.71 bits per heavy atom. The van der Waals surface area contributed by atoms with Crippen LogP contribution in [0.25, 0.3) is 0 Å². The molecule has 21 heavy (non-hydrogen) atoms. The van der Waals surface area contributed by atoms with Gasteiger partial charge in [0, 0.05) is 12.0 Å². The maximum absolute atomic E-state index is 11.9. The van der Waals surface area contributed by atoms with Crippen LogP contribution in [0.5, 0.6) is 11.5 Å². The van der Waals surface area contributed by atoms with Crippen LogP contribution in [0.4, 0.5) is 0 Å². The van der Waals surface area contributed by atoms with Crippen molar-refractivity contribution in [1.82, 2.24) is 5.01 Å². The zero-order chi connectivity index (χ0) is 15.2. The molecule has 0 saturated carbocycles. The molecule has 2 rings (SSSR count). The fourth-order valence-electron chi connectivity index (χ4n) is 2.27. The summed E-state index contributed by atoms with van der Waals surface area (Å²) in [6, 6.07) is 5.67. The van der Waals surface area contributed by atoms with Gasteiger partial charge in [-0.15, -0.1) is 6.58 Å². The molecule has 5 heteroatoms. The Bertz CT molecular complexity index is 567. The lowest BCUT2D eigenvalue weighted by Crippen LogP contribution is -2.25. The first-order valence-corrected chi connectivity index (χ1v) is 6.90. The average Bonchev–Trinajstić information content (AvgIpc) is 2.69. The SMILES string of the molecule is C=CCN1N=C(c2ccc(OC)c(OC)c2)CCCC1=O. The predicted molar refractivity (Wildman–Crippen MR) is 81.8 cm³/mol. The summed E-state index contributed by atoms with van der Waals surface area (Å²) >= 11 is 0. The van der Waals surface area contributed by atoms with E-state index < -0.39 is 0 Å². The normalized spacial score (nSPS) is 15.2. The highest BCUT2D eigenvalue weighted by atomic mass is 16.5. The van der Waals surface area contributed by atoms with Crippen LogP contribution < -0.4 is 9.47 Å². The van der Waals surface area contributed by atoms with Gasteiger partial charge in [0.15, 0.2) is 11.5 Å². The van der Waals surface area contributed by atoms with Crippen molar-refractivity contribution in [1.29, 1.82) is 0 Å². The lowest BCUT2D eigenvalue weighted by molar-refractivity contribution is -0.130. The minimum Gasteiger partial charge on any atom is -0.493 e. The molecule has 0 aromatic heterocycles. The molecular weight excluding hydrogens is 268 g/mol. The van der Waals surface area contributed by atoms with E-state index in [2.05, 4.69) is 11.7 Å². The van der Waals surface area contributed by atoms with Crippen LogP contribution in [0.1, 0.15) is 24.8 Å². The van der Waals surface area contributed by atoms with Crippen molar-refractivity contribution < 1.29 is 14.3 Å². The standard InChI is InChI=1S/C16H20N2O3/c1-4-10-18-16(19)7-5-6-13(17-18)12-8-9-14(20-2)15(11-12)21-3/h4,8-9,11H,1,5-7,10H2,2-3H3. The zero-order valence-corrected chi connectivity index (χ0v) is 12.5. The van der Waals surface area contributed by atoms with Crippen molar-refractivity contribution >= 4 is 11.6 Å². The molecule has 0 fully saturated rings. The predicted octanol–water partition coefficient (Wildman–Crippen LogP) is 2.61. The van der Waals surface area contributed by atoms with Gasteiger partial charge in [0.05, 0.1) is 26.5 Å². The van der Waals surface area contributed by atoms with E-state index >= 15 is 0 Å². The van der Waals surface area contributed by atoms with Gasteiger partial charge >= 0.3 is 0 Å². The van der Waals surface area contributed by atoms with Crippen LogP contribution in [-0.4, -0.2) is 37.4 Å². The number of methoxy groups -OCH3 is 2. The Kier molecular flexibility index (Phi) is 4.98. The van der Waals surface area contributed by atoms with Crippen LogP contribution in [0.3, 0.4) is 0 Å². The van der Waals surface area contributed by atoms with Gasteiger partial charge in [-0.2, -0.15) is 5.10 Å². The van der Waals surface area contributed by atoms with Gasteiger partial charge in [-0.1, -0.05) is 6.08 Å². The van der Waals surface area contributed by atoms with Gasteiger partial charge in [-0.25, -0.2) is 5.01 Å². The van der Waals surface area contributed by atoms with Crippen molar-refractivity contribution in [2.75, 3.05) is 20.8 Å². The van der Waals surface area contributed by atoms with Crippen LogP contribution in [0.15, 0.2) is 36.0 Å². The highest BCUT2D eigenvalue weighted by molar-refractivity contribution is 6.02. The summed E-state index contributed by atoms with van der Waals surface area (Å²) < 4.78 is 10.6. The number of amides is 1. The highest BCUT2D eigenvalue weighted by Gasteiger charge is 2.19. The van der Waals surface area contributed by atoms with Crippen LogP contribution >= 0.6 is 0 Å². The number of benzene rings is 1.